The zero-order valence-electron chi connectivity index (χ0n) is 17.6. The fourth-order valence-corrected chi connectivity index (χ4v) is 4.67. The summed E-state index contributed by atoms with van der Waals surface area (Å²) in [4.78, 5) is 11.6. The van der Waals surface area contributed by atoms with Crippen LogP contribution in [-0.4, -0.2) is 47.3 Å². The van der Waals surface area contributed by atoms with Gasteiger partial charge in [-0.1, -0.05) is 30.9 Å². The van der Waals surface area contributed by atoms with Crippen LogP contribution >= 0.6 is 0 Å². The van der Waals surface area contributed by atoms with Crippen molar-refractivity contribution < 1.29 is 5.11 Å². The average molecular weight is 397 g/mol. The number of nitrogens with two attached hydrogens (primary N) is 1. The number of rotatable bonds is 5. The minimum absolute atomic E-state index is 0.217. The average Bonchev–Trinajstić information content (AvgIpc) is 3.15. The molecule has 0 spiro atoms. The summed E-state index contributed by atoms with van der Waals surface area (Å²) in [5.74, 6) is 1.08. The number of hydrogen-bond acceptors (Lipinski definition) is 5. The summed E-state index contributed by atoms with van der Waals surface area (Å²) in [6.45, 7) is 5.76. The first-order chi connectivity index (χ1) is 14.0. The fourth-order valence-electron chi connectivity index (χ4n) is 4.67. The standard InChI is InChI=1S/C23H33N5O/c1-15-8-9-21-17(12-15)13-20(23(29)25-16(2)24)22(27-21)28-11-10-19(14-28)26-18-6-4-3-5-7-18/h8-9,12-13,16,18-19,26H,3-7,10-11,14,24H2,1-2H3,(H,25,29)/p+1. The molecule has 6 nitrogen and oxygen atoms in total. The van der Waals surface area contributed by atoms with Crippen molar-refractivity contribution in [3.05, 3.63) is 35.4 Å². The minimum Gasteiger partial charge on any atom is -0.578 e. The number of nitrogens with zero attached hydrogens (tertiary/aromatic N) is 3. The zero-order valence-corrected chi connectivity index (χ0v) is 17.6. The Morgan fingerprint density at radius 1 is 1.21 bits per heavy atom. The SMILES string of the molecule is Cc1ccc2nc(N3CCC(NC4CCCCC4)C3)c(C([OH2+])=NC(C)N)cc2c1. The molecule has 156 valence electrons. The molecule has 2 heterocycles. The molecule has 2 aliphatic rings. The highest BCUT2D eigenvalue weighted by Gasteiger charge is 2.29. The molecular weight excluding hydrogens is 362 g/mol. The van der Waals surface area contributed by atoms with Gasteiger partial charge in [-0.3, -0.25) is 0 Å². The van der Waals surface area contributed by atoms with E-state index in [2.05, 4.69) is 46.4 Å². The van der Waals surface area contributed by atoms with Crippen molar-refractivity contribution in [2.24, 2.45) is 10.7 Å². The van der Waals surface area contributed by atoms with Crippen LogP contribution in [-0.2, 0) is 0 Å². The number of aryl methyl sites for hydroxylation is 1. The molecule has 2 unspecified atom stereocenters. The van der Waals surface area contributed by atoms with Gasteiger partial charge in [-0.25, -0.2) is 4.98 Å². The number of aromatic nitrogens is 1. The van der Waals surface area contributed by atoms with Gasteiger partial charge in [-0.05, 0) is 51.3 Å². The van der Waals surface area contributed by atoms with E-state index in [1.54, 1.807) is 6.92 Å². The fraction of sp³-hybridized carbons (Fsp3) is 0.565. The van der Waals surface area contributed by atoms with Crippen LogP contribution in [0.15, 0.2) is 29.3 Å². The van der Waals surface area contributed by atoms with Crippen molar-refractivity contribution in [1.29, 1.82) is 0 Å². The largest absolute Gasteiger partial charge is 0.578 e. The number of nitrogens with one attached hydrogen (secondary N) is 1. The molecule has 0 radical (unpaired) electrons. The normalized spacial score (nSPS) is 22.4. The summed E-state index contributed by atoms with van der Waals surface area (Å²) >= 11 is 0. The van der Waals surface area contributed by atoms with Crippen LogP contribution in [0.2, 0.25) is 0 Å². The van der Waals surface area contributed by atoms with E-state index < -0.39 is 6.17 Å². The highest BCUT2D eigenvalue weighted by atomic mass is 16.3. The van der Waals surface area contributed by atoms with Gasteiger partial charge in [0.1, 0.15) is 17.5 Å². The summed E-state index contributed by atoms with van der Waals surface area (Å²) in [6.07, 6.45) is 7.38. The van der Waals surface area contributed by atoms with Crippen LogP contribution < -0.4 is 16.0 Å². The summed E-state index contributed by atoms with van der Waals surface area (Å²) in [5, 5.41) is 13.4. The smallest absolute Gasteiger partial charge is 0.365 e. The van der Waals surface area contributed by atoms with Crippen LogP contribution in [0.1, 0.15) is 56.6 Å². The van der Waals surface area contributed by atoms with Crippen molar-refractivity contribution >= 4 is 22.6 Å². The molecule has 2 atom stereocenters. The van der Waals surface area contributed by atoms with Crippen molar-refractivity contribution in [2.45, 2.75) is 70.6 Å². The van der Waals surface area contributed by atoms with Gasteiger partial charge in [0.2, 0.25) is 0 Å². The van der Waals surface area contributed by atoms with Gasteiger partial charge in [0.25, 0.3) is 0 Å². The second-order valence-corrected chi connectivity index (χ2v) is 8.71. The molecule has 1 aromatic carbocycles. The van der Waals surface area contributed by atoms with E-state index in [-0.39, 0.29) is 5.90 Å². The number of pyridine rings is 1. The minimum atomic E-state index is -0.400. The van der Waals surface area contributed by atoms with Crippen LogP contribution in [0.25, 0.3) is 10.9 Å². The molecule has 1 saturated heterocycles. The van der Waals surface area contributed by atoms with Crippen molar-refractivity contribution in [3.63, 3.8) is 0 Å². The van der Waals surface area contributed by atoms with Crippen molar-refractivity contribution in [1.82, 2.24) is 10.3 Å². The Balaban J connectivity index is 1.62. The second-order valence-electron chi connectivity index (χ2n) is 8.71. The molecular formula is C23H34N5O+. The Labute approximate surface area is 173 Å². The Morgan fingerprint density at radius 2 is 2.00 bits per heavy atom. The summed E-state index contributed by atoms with van der Waals surface area (Å²) in [6, 6.07) is 9.48. The van der Waals surface area contributed by atoms with E-state index >= 15 is 0 Å². The highest BCUT2D eigenvalue weighted by Crippen LogP contribution is 2.28. The van der Waals surface area contributed by atoms with Gasteiger partial charge in [0, 0.05) is 30.6 Å². The van der Waals surface area contributed by atoms with Crippen LogP contribution in [0.5, 0.6) is 0 Å². The lowest BCUT2D eigenvalue weighted by Gasteiger charge is -2.27. The van der Waals surface area contributed by atoms with E-state index in [1.165, 1.54) is 37.7 Å². The van der Waals surface area contributed by atoms with Gasteiger partial charge in [0.15, 0.2) is 0 Å². The summed E-state index contributed by atoms with van der Waals surface area (Å²) in [7, 11) is 0. The van der Waals surface area contributed by atoms with Gasteiger partial charge < -0.3 is 21.1 Å². The molecule has 29 heavy (non-hydrogen) atoms. The van der Waals surface area contributed by atoms with Crippen LogP contribution in [0, 0.1) is 6.92 Å². The Bertz CT molecular complexity index is 888. The quantitative estimate of drug-likeness (QED) is 0.462. The number of aliphatic imine (C=N–C) groups is 1. The van der Waals surface area contributed by atoms with Gasteiger partial charge in [-0.15, -0.1) is 0 Å². The zero-order chi connectivity index (χ0) is 20.4. The molecule has 6 heteroatoms. The van der Waals surface area contributed by atoms with Gasteiger partial charge in [0.05, 0.1) is 5.52 Å². The molecule has 4 rings (SSSR count). The first-order valence-corrected chi connectivity index (χ1v) is 11.0. The Kier molecular flexibility index (Phi) is 6.01. The van der Waals surface area contributed by atoms with E-state index in [0.717, 1.165) is 41.8 Å². The molecule has 1 aromatic heterocycles. The lowest BCUT2D eigenvalue weighted by molar-refractivity contribution is 0.344. The van der Waals surface area contributed by atoms with Crippen molar-refractivity contribution in [2.75, 3.05) is 18.0 Å². The first-order valence-electron chi connectivity index (χ1n) is 11.0. The molecule has 1 aliphatic heterocycles. The molecule has 1 aliphatic carbocycles. The Hall–Kier alpha value is -2.18. The number of hydrogen-bond donors (Lipinski definition) is 2. The van der Waals surface area contributed by atoms with Crippen LogP contribution in [0.4, 0.5) is 5.82 Å². The first kappa shape index (κ1) is 20.1. The maximum absolute atomic E-state index is 8.52. The van der Waals surface area contributed by atoms with Crippen molar-refractivity contribution in [3.8, 4) is 0 Å². The number of benzene rings is 1. The molecule has 5 N–H and O–H groups in total. The maximum atomic E-state index is 8.52. The second kappa shape index (κ2) is 8.67. The van der Waals surface area contributed by atoms with Gasteiger partial charge in [-0.2, -0.15) is 4.99 Å². The van der Waals surface area contributed by atoms with E-state index in [1.807, 2.05) is 0 Å². The molecule has 2 aromatic rings. The lowest BCUT2D eigenvalue weighted by atomic mass is 9.95. The topological polar surface area (TPSA) is 89.4 Å². The van der Waals surface area contributed by atoms with E-state index in [9.17, 15) is 0 Å². The predicted molar refractivity (Wildman–Crippen MR) is 121 cm³/mol. The highest BCUT2D eigenvalue weighted by molar-refractivity contribution is 6.01. The van der Waals surface area contributed by atoms with E-state index in [0.29, 0.717) is 12.1 Å². The number of anilines is 1. The molecule has 0 amide bonds. The molecule has 0 bridgehead atoms. The maximum Gasteiger partial charge on any atom is 0.365 e. The third-order valence-electron chi connectivity index (χ3n) is 6.10. The predicted octanol–water partition coefficient (Wildman–Crippen LogP) is 2.82. The van der Waals surface area contributed by atoms with E-state index in [4.69, 9.17) is 15.8 Å². The third kappa shape index (κ3) is 4.70. The monoisotopic (exact) mass is 396 g/mol. The van der Waals surface area contributed by atoms with Crippen LogP contribution in [0.3, 0.4) is 0 Å². The summed E-state index contributed by atoms with van der Waals surface area (Å²) < 4.78 is 0. The Morgan fingerprint density at radius 3 is 2.76 bits per heavy atom. The molecule has 1 saturated carbocycles. The number of fused-ring (bicyclic) bond motifs is 1. The van der Waals surface area contributed by atoms with Gasteiger partial charge >= 0.3 is 5.90 Å². The summed E-state index contributed by atoms with van der Waals surface area (Å²) in [5.41, 5.74) is 8.77. The third-order valence-corrected chi connectivity index (χ3v) is 6.10. The lowest BCUT2D eigenvalue weighted by Crippen LogP contribution is -2.41. The molecule has 2 fully saturated rings.